The van der Waals surface area contributed by atoms with Crippen molar-refractivity contribution < 1.29 is 4.74 Å². The lowest BCUT2D eigenvalue weighted by Gasteiger charge is -2.21. The summed E-state index contributed by atoms with van der Waals surface area (Å²) in [4.78, 5) is 9.06. The molecule has 0 unspecified atom stereocenters. The molecule has 0 spiro atoms. The van der Waals surface area contributed by atoms with Crippen molar-refractivity contribution in [3.05, 3.63) is 11.9 Å². The van der Waals surface area contributed by atoms with Gasteiger partial charge in [-0.3, -0.25) is 0 Å². The second-order valence-corrected chi connectivity index (χ2v) is 5.79. The first-order valence-electron chi connectivity index (χ1n) is 7.54. The minimum Gasteiger partial charge on any atom is -0.477 e. The van der Waals surface area contributed by atoms with Gasteiger partial charge in [-0.2, -0.15) is 4.98 Å². The Morgan fingerprint density at radius 1 is 1.16 bits per heavy atom. The molecule has 4 nitrogen and oxygen atoms in total. The van der Waals surface area contributed by atoms with Gasteiger partial charge in [-0.15, -0.1) is 0 Å². The monoisotopic (exact) mass is 261 g/mol. The minimum absolute atomic E-state index is 0.560. The molecule has 1 aromatic rings. The zero-order valence-electron chi connectivity index (χ0n) is 11.7. The molecule has 1 heterocycles. The Bertz CT molecular complexity index is 425. The Labute approximate surface area is 115 Å². The number of anilines is 1. The topological polar surface area (TPSA) is 47.0 Å². The molecule has 2 saturated carbocycles. The van der Waals surface area contributed by atoms with Crippen molar-refractivity contribution in [2.75, 3.05) is 19.0 Å². The molecule has 4 heteroatoms. The highest BCUT2D eigenvalue weighted by atomic mass is 16.5. The Balaban J connectivity index is 1.63. The molecule has 0 aliphatic heterocycles. The first-order valence-corrected chi connectivity index (χ1v) is 7.54. The highest BCUT2D eigenvalue weighted by molar-refractivity contribution is 5.38. The maximum Gasteiger partial charge on any atom is 0.218 e. The van der Waals surface area contributed by atoms with Gasteiger partial charge in [0.2, 0.25) is 5.88 Å². The summed E-state index contributed by atoms with van der Waals surface area (Å²) in [5, 5.41) is 3.10. The fourth-order valence-electron chi connectivity index (χ4n) is 2.73. The summed E-state index contributed by atoms with van der Waals surface area (Å²) >= 11 is 0. The second-order valence-electron chi connectivity index (χ2n) is 5.79. The van der Waals surface area contributed by atoms with Gasteiger partial charge < -0.3 is 10.1 Å². The van der Waals surface area contributed by atoms with E-state index in [-0.39, 0.29) is 0 Å². The van der Waals surface area contributed by atoms with Crippen LogP contribution in [-0.2, 0) is 0 Å². The van der Waals surface area contributed by atoms with E-state index >= 15 is 0 Å². The molecule has 2 aliphatic rings. The van der Waals surface area contributed by atoms with Crippen molar-refractivity contribution >= 4 is 5.82 Å². The van der Waals surface area contributed by atoms with E-state index in [0.29, 0.717) is 11.8 Å². The lowest BCUT2D eigenvalue weighted by Crippen LogP contribution is -2.16. The summed E-state index contributed by atoms with van der Waals surface area (Å²) in [6.07, 6.45) is 9.14. The van der Waals surface area contributed by atoms with Crippen molar-refractivity contribution in [1.82, 2.24) is 9.97 Å². The van der Waals surface area contributed by atoms with Crippen LogP contribution in [0.15, 0.2) is 6.07 Å². The number of hydrogen-bond donors (Lipinski definition) is 1. The predicted molar refractivity (Wildman–Crippen MR) is 75.6 cm³/mol. The molecule has 3 rings (SSSR count). The third-order valence-corrected chi connectivity index (χ3v) is 4.11. The van der Waals surface area contributed by atoms with Crippen LogP contribution in [0, 0.1) is 5.92 Å². The quantitative estimate of drug-likeness (QED) is 0.883. The molecule has 0 atom stereocenters. The van der Waals surface area contributed by atoms with Crippen LogP contribution < -0.4 is 10.1 Å². The van der Waals surface area contributed by atoms with Crippen LogP contribution >= 0.6 is 0 Å². The maximum atomic E-state index is 5.92. The van der Waals surface area contributed by atoms with E-state index in [2.05, 4.69) is 15.3 Å². The van der Waals surface area contributed by atoms with Crippen LogP contribution in [0.2, 0.25) is 0 Å². The van der Waals surface area contributed by atoms with Crippen LogP contribution in [0.3, 0.4) is 0 Å². The summed E-state index contributed by atoms with van der Waals surface area (Å²) in [5.41, 5.74) is 0. The summed E-state index contributed by atoms with van der Waals surface area (Å²) in [6, 6.07) is 1.91. The van der Waals surface area contributed by atoms with E-state index in [1.807, 2.05) is 13.1 Å². The van der Waals surface area contributed by atoms with E-state index in [1.54, 1.807) is 0 Å². The van der Waals surface area contributed by atoms with Gasteiger partial charge in [0.15, 0.2) is 0 Å². The molecule has 1 N–H and O–H groups in total. The summed E-state index contributed by atoms with van der Waals surface area (Å²) in [7, 11) is 1.89. The van der Waals surface area contributed by atoms with E-state index < -0.39 is 0 Å². The number of rotatable bonds is 5. The number of nitrogens with one attached hydrogen (secondary N) is 1. The van der Waals surface area contributed by atoms with Gasteiger partial charge in [0.25, 0.3) is 0 Å². The second kappa shape index (κ2) is 5.76. The van der Waals surface area contributed by atoms with Crippen molar-refractivity contribution in [2.45, 2.75) is 50.9 Å². The summed E-state index contributed by atoms with van der Waals surface area (Å²) in [6.45, 7) is 0.810. The fourth-order valence-corrected chi connectivity index (χ4v) is 2.73. The number of hydrogen-bond acceptors (Lipinski definition) is 4. The molecule has 0 saturated heterocycles. The van der Waals surface area contributed by atoms with Crippen LogP contribution in [0.4, 0.5) is 5.82 Å². The number of aromatic nitrogens is 2. The van der Waals surface area contributed by atoms with Gasteiger partial charge in [-0.05, 0) is 31.6 Å². The average Bonchev–Trinajstić information content (AvgIpc) is 3.30. The maximum absolute atomic E-state index is 5.92. The Kier molecular flexibility index (Phi) is 3.85. The smallest absolute Gasteiger partial charge is 0.218 e. The van der Waals surface area contributed by atoms with Gasteiger partial charge in [0.1, 0.15) is 11.6 Å². The van der Waals surface area contributed by atoms with Crippen LogP contribution in [0.25, 0.3) is 0 Å². The largest absolute Gasteiger partial charge is 0.477 e. The van der Waals surface area contributed by atoms with Crippen molar-refractivity contribution in [2.24, 2.45) is 5.92 Å². The van der Waals surface area contributed by atoms with Gasteiger partial charge >= 0.3 is 0 Å². The minimum atomic E-state index is 0.560. The first kappa shape index (κ1) is 12.7. The molecule has 0 amide bonds. The van der Waals surface area contributed by atoms with E-state index in [1.165, 1.54) is 44.9 Å². The predicted octanol–water partition coefficient (Wildman–Crippen LogP) is 3.35. The highest BCUT2D eigenvalue weighted by Crippen LogP contribution is 2.39. The highest BCUT2D eigenvalue weighted by Gasteiger charge is 2.27. The van der Waals surface area contributed by atoms with Gasteiger partial charge in [0, 0.05) is 19.0 Å². The van der Waals surface area contributed by atoms with Crippen LogP contribution in [0.1, 0.15) is 56.7 Å². The Hall–Kier alpha value is -1.32. The fraction of sp³-hybridized carbons (Fsp3) is 0.733. The van der Waals surface area contributed by atoms with Crippen molar-refractivity contribution in [1.29, 1.82) is 0 Å². The zero-order chi connectivity index (χ0) is 13.1. The van der Waals surface area contributed by atoms with Crippen molar-refractivity contribution in [3.8, 4) is 5.88 Å². The zero-order valence-corrected chi connectivity index (χ0v) is 11.7. The van der Waals surface area contributed by atoms with Crippen LogP contribution in [0.5, 0.6) is 5.88 Å². The Morgan fingerprint density at radius 3 is 2.63 bits per heavy atom. The molecular weight excluding hydrogens is 238 g/mol. The SMILES string of the molecule is CNc1cc(OCC2CCCCC2)nc(C2CC2)n1. The van der Waals surface area contributed by atoms with E-state index in [9.17, 15) is 0 Å². The van der Waals surface area contributed by atoms with Gasteiger partial charge in [0.05, 0.1) is 6.61 Å². The summed E-state index contributed by atoms with van der Waals surface area (Å²) < 4.78 is 5.92. The lowest BCUT2D eigenvalue weighted by atomic mass is 9.90. The molecule has 0 bridgehead atoms. The molecule has 19 heavy (non-hydrogen) atoms. The third kappa shape index (κ3) is 3.37. The molecule has 0 aromatic carbocycles. The average molecular weight is 261 g/mol. The molecule has 2 aliphatic carbocycles. The Morgan fingerprint density at radius 2 is 1.95 bits per heavy atom. The van der Waals surface area contributed by atoms with E-state index in [4.69, 9.17) is 4.74 Å². The summed E-state index contributed by atoms with van der Waals surface area (Å²) in [5.74, 6) is 3.84. The number of ether oxygens (including phenoxy) is 1. The molecule has 1 aromatic heterocycles. The number of nitrogens with zero attached hydrogens (tertiary/aromatic N) is 2. The standard InChI is InChI=1S/C15H23N3O/c1-16-13-9-14(18-15(17-13)12-7-8-12)19-10-11-5-3-2-4-6-11/h9,11-12H,2-8,10H2,1H3,(H,16,17,18). The lowest BCUT2D eigenvalue weighted by molar-refractivity contribution is 0.202. The molecular formula is C15H23N3O. The normalized spacial score (nSPS) is 20.3. The third-order valence-electron chi connectivity index (χ3n) is 4.11. The van der Waals surface area contributed by atoms with Gasteiger partial charge in [-0.1, -0.05) is 19.3 Å². The molecule has 0 radical (unpaired) electrons. The van der Waals surface area contributed by atoms with Crippen molar-refractivity contribution in [3.63, 3.8) is 0 Å². The van der Waals surface area contributed by atoms with Crippen LogP contribution in [-0.4, -0.2) is 23.6 Å². The van der Waals surface area contributed by atoms with E-state index in [0.717, 1.165) is 24.1 Å². The first-order chi connectivity index (χ1) is 9.35. The molecule has 104 valence electrons. The molecule has 2 fully saturated rings. The van der Waals surface area contributed by atoms with Gasteiger partial charge in [-0.25, -0.2) is 4.98 Å².